The molecule has 0 aromatic heterocycles. The van der Waals surface area contributed by atoms with E-state index in [1.807, 2.05) is 31.2 Å². The molecule has 0 spiro atoms. The number of rotatable bonds is 7. The smallest absolute Gasteiger partial charge is 0.227 e. The SMILES string of the molecule is COc1ccc(OC)c(NC(=O)CCOc2ccccc2C)c1. The highest BCUT2D eigenvalue weighted by molar-refractivity contribution is 5.92. The van der Waals surface area contributed by atoms with Gasteiger partial charge in [0, 0.05) is 6.07 Å². The van der Waals surface area contributed by atoms with Crippen LogP contribution in [0, 0.1) is 6.92 Å². The molecular formula is C18H21NO4. The average molecular weight is 315 g/mol. The van der Waals surface area contributed by atoms with Crippen LogP contribution in [0.4, 0.5) is 5.69 Å². The zero-order valence-electron chi connectivity index (χ0n) is 13.6. The van der Waals surface area contributed by atoms with Gasteiger partial charge < -0.3 is 19.5 Å². The molecule has 1 N–H and O–H groups in total. The van der Waals surface area contributed by atoms with Crippen LogP contribution in [0.2, 0.25) is 0 Å². The van der Waals surface area contributed by atoms with Gasteiger partial charge in [-0.3, -0.25) is 4.79 Å². The summed E-state index contributed by atoms with van der Waals surface area (Å²) in [5.41, 5.74) is 1.62. The lowest BCUT2D eigenvalue weighted by Gasteiger charge is -2.12. The van der Waals surface area contributed by atoms with Gasteiger partial charge in [0.05, 0.1) is 32.9 Å². The number of benzene rings is 2. The van der Waals surface area contributed by atoms with Crippen molar-refractivity contribution < 1.29 is 19.0 Å². The second-order valence-corrected chi connectivity index (χ2v) is 4.98. The van der Waals surface area contributed by atoms with E-state index in [9.17, 15) is 4.79 Å². The third kappa shape index (κ3) is 4.64. The number of carbonyl (C=O) groups is 1. The van der Waals surface area contributed by atoms with Gasteiger partial charge in [0.25, 0.3) is 0 Å². The van der Waals surface area contributed by atoms with Crippen molar-refractivity contribution in [1.82, 2.24) is 0 Å². The van der Waals surface area contributed by atoms with Crippen LogP contribution >= 0.6 is 0 Å². The lowest BCUT2D eigenvalue weighted by atomic mass is 10.2. The predicted molar refractivity (Wildman–Crippen MR) is 89.5 cm³/mol. The van der Waals surface area contributed by atoms with Gasteiger partial charge in [-0.1, -0.05) is 18.2 Å². The summed E-state index contributed by atoms with van der Waals surface area (Å²) >= 11 is 0. The molecule has 122 valence electrons. The molecule has 0 atom stereocenters. The lowest BCUT2D eigenvalue weighted by Crippen LogP contribution is -2.16. The van der Waals surface area contributed by atoms with Crippen LogP contribution in [0.1, 0.15) is 12.0 Å². The Hall–Kier alpha value is -2.69. The van der Waals surface area contributed by atoms with Gasteiger partial charge >= 0.3 is 0 Å². The Balaban J connectivity index is 1.91. The van der Waals surface area contributed by atoms with Gasteiger partial charge in [-0.2, -0.15) is 0 Å². The Morgan fingerprint density at radius 3 is 2.52 bits per heavy atom. The topological polar surface area (TPSA) is 56.8 Å². The molecule has 2 rings (SSSR count). The number of methoxy groups -OCH3 is 2. The van der Waals surface area contributed by atoms with Crippen LogP contribution < -0.4 is 19.5 Å². The maximum absolute atomic E-state index is 12.1. The Labute approximate surface area is 136 Å². The minimum Gasteiger partial charge on any atom is -0.497 e. The largest absolute Gasteiger partial charge is 0.497 e. The molecule has 0 heterocycles. The summed E-state index contributed by atoms with van der Waals surface area (Å²) < 4.78 is 16.0. The van der Waals surface area contributed by atoms with Crippen molar-refractivity contribution in [1.29, 1.82) is 0 Å². The van der Waals surface area contributed by atoms with Gasteiger partial charge in [-0.15, -0.1) is 0 Å². The minimum absolute atomic E-state index is 0.148. The Kier molecular flexibility index (Phi) is 5.86. The average Bonchev–Trinajstić information content (AvgIpc) is 2.56. The minimum atomic E-state index is -0.148. The number of ether oxygens (including phenoxy) is 3. The van der Waals surface area contributed by atoms with Crippen molar-refractivity contribution in [3.8, 4) is 17.2 Å². The molecule has 0 radical (unpaired) electrons. The summed E-state index contributed by atoms with van der Waals surface area (Å²) in [6, 6.07) is 13.0. The summed E-state index contributed by atoms with van der Waals surface area (Å²) in [7, 11) is 3.13. The van der Waals surface area contributed by atoms with E-state index in [0.717, 1.165) is 11.3 Å². The molecule has 0 bridgehead atoms. The van der Waals surface area contributed by atoms with E-state index in [2.05, 4.69) is 5.32 Å². The van der Waals surface area contributed by atoms with Crippen LogP contribution in [-0.4, -0.2) is 26.7 Å². The molecule has 1 amide bonds. The van der Waals surface area contributed by atoms with E-state index in [1.165, 1.54) is 0 Å². The molecule has 0 saturated carbocycles. The zero-order valence-corrected chi connectivity index (χ0v) is 13.6. The van der Waals surface area contributed by atoms with E-state index in [1.54, 1.807) is 32.4 Å². The molecule has 0 aliphatic heterocycles. The van der Waals surface area contributed by atoms with Gasteiger partial charge in [-0.05, 0) is 30.7 Å². The molecule has 0 unspecified atom stereocenters. The van der Waals surface area contributed by atoms with E-state index in [-0.39, 0.29) is 12.3 Å². The van der Waals surface area contributed by atoms with Crippen molar-refractivity contribution in [2.75, 3.05) is 26.1 Å². The van der Waals surface area contributed by atoms with Gasteiger partial charge in [0.15, 0.2) is 0 Å². The van der Waals surface area contributed by atoms with E-state index in [0.29, 0.717) is 23.8 Å². The third-order valence-corrected chi connectivity index (χ3v) is 3.36. The van der Waals surface area contributed by atoms with Crippen molar-refractivity contribution >= 4 is 11.6 Å². The standard InChI is InChI=1S/C18H21NO4/c1-13-6-4-5-7-16(13)23-11-10-18(20)19-15-12-14(21-2)8-9-17(15)22-3/h4-9,12H,10-11H2,1-3H3,(H,19,20). The summed E-state index contributed by atoms with van der Waals surface area (Å²) in [6.07, 6.45) is 0.245. The summed E-state index contributed by atoms with van der Waals surface area (Å²) in [6.45, 7) is 2.28. The molecule has 0 aliphatic carbocycles. The lowest BCUT2D eigenvalue weighted by molar-refractivity contribution is -0.116. The first kappa shape index (κ1) is 16.7. The molecule has 0 saturated heterocycles. The molecule has 0 fully saturated rings. The van der Waals surface area contributed by atoms with Crippen LogP contribution in [0.15, 0.2) is 42.5 Å². The number of hydrogen-bond donors (Lipinski definition) is 1. The first-order valence-electron chi connectivity index (χ1n) is 7.34. The van der Waals surface area contributed by atoms with E-state index >= 15 is 0 Å². The maximum atomic E-state index is 12.1. The zero-order chi connectivity index (χ0) is 16.7. The summed E-state index contributed by atoms with van der Waals surface area (Å²) in [5, 5.41) is 2.81. The van der Waals surface area contributed by atoms with Crippen molar-refractivity contribution in [3.63, 3.8) is 0 Å². The first-order valence-corrected chi connectivity index (χ1v) is 7.34. The fourth-order valence-electron chi connectivity index (χ4n) is 2.10. The summed E-state index contributed by atoms with van der Waals surface area (Å²) in [5.74, 6) is 1.88. The Bertz CT molecular complexity index is 670. The normalized spacial score (nSPS) is 10.0. The van der Waals surface area contributed by atoms with Crippen LogP contribution in [0.25, 0.3) is 0 Å². The molecular weight excluding hydrogens is 294 g/mol. The van der Waals surface area contributed by atoms with Crippen LogP contribution in [0.3, 0.4) is 0 Å². The predicted octanol–water partition coefficient (Wildman–Crippen LogP) is 3.42. The highest BCUT2D eigenvalue weighted by Gasteiger charge is 2.09. The molecule has 5 heteroatoms. The van der Waals surface area contributed by atoms with Crippen molar-refractivity contribution in [3.05, 3.63) is 48.0 Å². The Morgan fingerprint density at radius 1 is 1.04 bits per heavy atom. The number of anilines is 1. The van der Waals surface area contributed by atoms with Crippen molar-refractivity contribution in [2.45, 2.75) is 13.3 Å². The molecule has 5 nitrogen and oxygen atoms in total. The fourth-order valence-corrected chi connectivity index (χ4v) is 2.10. The molecule has 23 heavy (non-hydrogen) atoms. The van der Waals surface area contributed by atoms with Crippen LogP contribution in [-0.2, 0) is 4.79 Å². The van der Waals surface area contributed by atoms with E-state index < -0.39 is 0 Å². The third-order valence-electron chi connectivity index (χ3n) is 3.36. The molecule has 2 aromatic rings. The van der Waals surface area contributed by atoms with Gasteiger partial charge in [0.1, 0.15) is 17.2 Å². The monoisotopic (exact) mass is 315 g/mol. The van der Waals surface area contributed by atoms with Crippen molar-refractivity contribution in [2.24, 2.45) is 0 Å². The highest BCUT2D eigenvalue weighted by Crippen LogP contribution is 2.29. The van der Waals surface area contributed by atoms with Crippen LogP contribution in [0.5, 0.6) is 17.2 Å². The molecule has 2 aromatic carbocycles. The highest BCUT2D eigenvalue weighted by atomic mass is 16.5. The Morgan fingerprint density at radius 2 is 1.83 bits per heavy atom. The fraction of sp³-hybridized carbons (Fsp3) is 0.278. The number of para-hydroxylation sites is 1. The molecule has 0 aliphatic rings. The number of nitrogens with one attached hydrogen (secondary N) is 1. The first-order chi connectivity index (χ1) is 11.1. The van der Waals surface area contributed by atoms with E-state index in [4.69, 9.17) is 14.2 Å². The quantitative estimate of drug-likeness (QED) is 0.850. The number of aryl methyl sites for hydroxylation is 1. The second kappa shape index (κ2) is 8.08. The number of hydrogen-bond acceptors (Lipinski definition) is 4. The maximum Gasteiger partial charge on any atom is 0.227 e. The number of amides is 1. The van der Waals surface area contributed by atoms with Gasteiger partial charge in [-0.25, -0.2) is 0 Å². The number of carbonyl (C=O) groups excluding carboxylic acids is 1. The summed E-state index contributed by atoms with van der Waals surface area (Å²) in [4.78, 5) is 12.1. The van der Waals surface area contributed by atoms with Gasteiger partial charge in [0.2, 0.25) is 5.91 Å². The second-order valence-electron chi connectivity index (χ2n) is 4.98.